The molecular formula is C24H20BrClN4O2S. The third kappa shape index (κ3) is 6.60. The van der Waals surface area contributed by atoms with Gasteiger partial charge in [-0.15, -0.1) is 10.2 Å². The van der Waals surface area contributed by atoms with E-state index in [0.717, 1.165) is 15.8 Å². The van der Waals surface area contributed by atoms with Crippen molar-refractivity contribution in [1.29, 1.82) is 0 Å². The second-order valence-electron chi connectivity index (χ2n) is 6.97. The van der Waals surface area contributed by atoms with Crippen LogP contribution in [0.25, 0.3) is 5.69 Å². The Kier molecular flexibility index (Phi) is 8.04. The monoisotopic (exact) mass is 542 g/mol. The van der Waals surface area contributed by atoms with Crippen molar-refractivity contribution < 1.29 is 9.53 Å². The van der Waals surface area contributed by atoms with E-state index in [9.17, 15) is 4.79 Å². The van der Waals surface area contributed by atoms with Crippen molar-refractivity contribution in [3.8, 4) is 11.4 Å². The number of hydrogen-bond donors (Lipinski definition) is 1. The average Bonchev–Trinajstić information content (AvgIpc) is 3.22. The summed E-state index contributed by atoms with van der Waals surface area (Å²) in [7, 11) is 0. The van der Waals surface area contributed by atoms with E-state index in [1.54, 1.807) is 12.1 Å². The molecule has 4 rings (SSSR count). The lowest BCUT2D eigenvalue weighted by molar-refractivity contribution is -0.115. The highest BCUT2D eigenvalue weighted by molar-refractivity contribution is 9.10. The van der Waals surface area contributed by atoms with Gasteiger partial charge in [0.25, 0.3) is 0 Å². The highest BCUT2D eigenvalue weighted by atomic mass is 79.9. The molecule has 1 aromatic heterocycles. The molecule has 0 fully saturated rings. The summed E-state index contributed by atoms with van der Waals surface area (Å²) in [5, 5.41) is 12.9. The molecular weight excluding hydrogens is 524 g/mol. The predicted octanol–water partition coefficient (Wildman–Crippen LogP) is 6.38. The second-order valence-corrected chi connectivity index (χ2v) is 9.38. The van der Waals surface area contributed by atoms with Crippen LogP contribution in [0, 0.1) is 0 Å². The van der Waals surface area contributed by atoms with Crippen molar-refractivity contribution in [2.24, 2.45) is 0 Å². The molecule has 0 aliphatic carbocycles. The molecule has 1 amide bonds. The van der Waals surface area contributed by atoms with Gasteiger partial charge in [-0.05, 0) is 54.6 Å². The van der Waals surface area contributed by atoms with E-state index < -0.39 is 0 Å². The molecule has 4 aromatic rings. The molecule has 1 heterocycles. The molecule has 0 bridgehead atoms. The zero-order chi connectivity index (χ0) is 23.0. The maximum atomic E-state index is 12.3. The molecule has 0 saturated carbocycles. The molecule has 9 heteroatoms. The molecule has 33 heavy (non-hydrogen) atoms. The van der Waals surface area contributed by atoms with Crippen LogP contribution >= 0.6 is 39.3 Å². The summed E-state index contributed by atoms with van der Waals surface area (Å²) in [4.78, 5) is 12.3. The largest absolute Gasteiger partial charge is 0.486 e. The molecule has 0 aliphatic rings. The van der Waals surface area contributed by atoms with Crippen LogP contribution in [0.5, 0.6) is 5.75 Å². The van der Waals surface area contributed by atoms with Gasteiger partial charge in [0, 0.05) is 33.0 Å². The summed E-state index contributed by atoms with van der Waals surface area (Å²) in [6.45, 7) is 0.244. The summed E-state index contributed by atoms with van der Waals surface area (Å²) in [5.74, 6) is 1.86. The van der Waals surface area contributed by atoms with Crippen molar-refractivity contribution in [1.82, 2.24) is 14.8 Å². The number of benzene rings is 3. The Balaban J connectivity index is 1.42. The number of ether oxygens (including phenoxy) is 1. The van der Waals surface area contributed by atoms with Gasteiger partial charge in [-0.3, -0.25) is 9.36 Å². The number of nitrogens with one attached hydrogen (secondary N) is 1. The van der Waals surface area contributed by atoms with Crippen LogP contribution < -0.4 is 10.1 Å². The van der Waals surface area contributed by atoms with Crippen LogP contribution in [0.2, 0.25) is 5.02 Å². The normalized spacial score (nSPS) is 10.7. The Morgan fingerprint density at radius 3 is 2.58 bits per heavy atom. The van der Waals surface area contributed by atoms with Gasteiger partial charge in [0.15, 0.2) is 11.0 Å². The topological polar surface area (TPSA) is 69.0 Å². The first-order chi connectivity index (χ1) is 16.1. The quantitative estimate of drug-likeness (QED) is 0.248. The van der Waals surface area contributed by atoms with Crippen molar-refractivity contribution in [2.75, 3.05) is 11.1 Å². The van der Waals surface area contributed by atoms with E-state index in [2.05, 4.69) is 31.4 Å². The number of carbonyl (C=O) groups excluding carboxylic acids is 1. The number of anilines is 1. The van der Waals surface area contributed by atoms with Crippen LogP contribution in [0.15, 0.2) is 88.5 Å². The maximum absolute atomic E-state index is 12.3. The lowest BCUT2D eigenvalue weighted by atomic mass is 10.3. The smallest absolute Gasteiger partial charge is 0.225 e. The minimum atomic E-state index is -0.0577. The minimum Gasteiger partial charge on any atom is -0.486 e. The van der Waals surface area contributed by atoms with Crippen LogP contribution in [0.3, 0.4) is 0 Å². The van der Waals surface area contributed by atoms with Crippen molar-refractivity contribution in [3.05, 3.63) is 94.2 Å². The van der Waals surface area contributed by atoms with E-state index in [0.29, 0.717) is 33.9 Å². The fourth-order valence-electron chi connectivity index (χ4n) is 3.03. The fourth-order valence-corrected chi connectivity index (χ4v) is 4.46. The standard InChI is InChI=1S/C24H20BrClN4O2S/c25-17-5-4-6-19(15-17)27-23(31)13-14-33-24-29-28-22(30(24)20-7-2-1-3-8-20)16-32-21-11-9-18(26)10-12-21/h1-12,15H,13-14,16H2,(H,27,31). The molecule has 3 aromatic carbocycles. The molecule has 6 nitrogen and oxygen atoms in total. The summed E-state index contributed by atoms with van der Waals surface area (Å²) >= 11 is 10.8. The van der Waals surface area contributed by atoms with Crippen LogP contribution in [-0.4, -0.2) is 26.4 Å². The Morgan fingerprint density at radius 1 is 1.03 bits per heavy atom. The van der Waals surface area contributed by atoms with E-state index in [1.807, 2.05) is 71.3 Å². The lowest BCUT2D eigenvalue weighted by Crippen LogP contribution is -2.12. The van der Waals surface area contributed by atoms with Crippen molar-refractivity contribution >= 4 is 50.9 Å². The third-order valence-corrected chi connectivity index (χ3v) is 6.24. The van der Waals surface area contributed by atoms with Crippen LogP contribution in [0.1, 0.15) is 12.2 Å². The van der Waals surface area contributed by atoms with Crippen LogP contribution in [-0.2, 0) is 11.4 Å². The molecule has 1 N–H and O–H groups in total. The van der Waals surface area contributed by atoms with Crippen molar-refractivity contribution in [2.45, 2.75) is 18.2 Å². The van der Waals surface area contributed by atoms with E-state index >= 15 is 0 Å². The van der Waals surface area contributed by atoms with E-state index in [-0.39, 0.29) is 12.5 Å². The third-order valence-electron chi connectivity index (χ3n) is 4.57. The zero-order valence-electron chi connectivity index (χ0n) is 17.4. The van der Waals surface area contributed by atoms with Gasteiger partial charge in [0.2, 0.25) is 5.91 Å². The fraction of sp³-hybridized carbons (Fsp3) is 0.125. The number of thioether (sulfide) groups is 1. The number of amides is 1. The van der Waals surface area contributed by atoms with Gasteiger partial charge < -0.3 is 10.1 Å². The van der Waals surface area contributed by atoms with Gasteiger partial charge in [0.1, 0.15) is 12.4 Å². The van der Waals surface area contributed by atoms with Gasteiger partial charge in [-0.25, -0.2) is 0 Å². The first-order valence-electron chi connectivity index (χ1n) is 10.1. The van der Waals surface area contributed by atoms with E-state index in [4.69, 9.17) is 16.3 Å². The molecule has 0 radical (unpaired) electrons. The number of rotatable bonds is 9. The Morgan fingerprint density at radius 2 is 1.82 bits per heavy atom. The summed E-state index contributed by atoms with van der Waals surface area (Å²) in [6.07, 6.45) is 0.343. The number of halogens is 2. The van der Waals surface area contributed by atoms with Gasteiger partial charge >= 0.3 is 0 Å². The zero-order valence-corrected chi connectivity index (χ0v) is 20.6. The molecule has 0 aliphatic heterocycles. The van der Waals surface area contributed by atoms with Gasteiger partial charge in [0.05, 0.1) is 0 Å². The SMILES string of the molecule is O=C(CCSc1nnc(COc2ccc(Cl)cc2)n1-c1ccccc1)Nc1cccc(Br)c1. The molecule has 0 spiro atoms. The Bertz CT molecular complexity index is 1220. The molecule has 0 saturated heterocycles. The number of nitrogens with zero attached hydrogens (tertiary/aromatic N) is 3. The lowest BCUT2D eigenvalue weighted by Gasteiger charge is -2.11. The molecule has 0 unspecified atom stereocenters. The predicted molar refractivity (Wildman–Crippen MR) is 135 cm³/mol. The number of para-hydroxylation sites is 1. The van der Waals surface area contributed by atoms with Gasteiger partial charge in [-0.2, -0.15) is 0 Å². The van der Waals surface area contributed by atoms with Crippen molar-refractivity contribution in [3.63, 3.8) is 0 Å². The summed E-state index contributed by atoms with van der Waals surface area (Å²) in [5.41, 5.74) is 1.69. The first-order valence-corrected chi connectivity index (χ1v) is 12.3. The highest BCUT2D eigenvalue weighted by Gasteiger charge is 2.16. The second kappa shape index (κ2) is 11.4. The molecule has 168 valence electrons. The van der Waals surface area contributed by atoms with Gasteiger partial charge in [-0.1, -0.05) is 63.6 Å². The van der Waals surface area contributed by atoms with Crippen LogP contribution in [0.4, 0.5) is 5.69 Å². The summed E-state index contributed by atoms with van der Waals surface area (Å²) < 4.78 is 8.75. The number of hydrogen-bond acceptors (Lipinski definition) is 5. The summed E-state index contributed by atoms with van der Waals surface area (Å²) in [6, 6.07) is 24.5. The Hall–Kier alpha value is -2.81. The minimum absolute atomic E-state index is 0.0577. The Labute approximate surface area is 209 Å². The maximum Gasteiger partial charge on any atom is 0.225 e. The average molecular weight is 544 g/mol. The number of carbonyl (C=O) groups is 1. The number of aromatic nitrogens is 3. The molecule has 0 atom stereocenters. The first kappa shape index (κ1) is 23.4. The highest BCUT2D eigenvalue weighted by Crippen LogP contribution is 2.24. The van der Waals surface area contributed by atoms with E-state index in [1.165, 1.54) is 11.8 Å².